The smallest absolute Gasteiger partial charge is 0.261 e. The zero-order valence-corrected chi connectivity index (χ0v) is 16.7. The molecule has 0 saturated heterocycles. The van der Waals surface area contributed by atoms with E-state index < -0.39 is 33.2 Å². The number of halogens is 2. The molecule has 1 N–H and O–H groups in total. The van der Waals surface area contributed by atoms with E-state index in [1.54, 1.807) is 13.8 Å². The van der Waals surface area contributed by atoms with E-state index in [0.717, 1.165) is 0 Å². The zero-order valence-electron chi connectivity index (χ0n) is 15.9. The molecule has 0 spiro atoms. The van der Waals surface area contributed by atoms with Gasteiger partial charge in [-0.15, -0.1) is 0 Å². The molecule has 2 heterocycles. The minimum Gasteiger partial charge on any atom is -0.451 e. The molecule has 2 aromatic heterocycles. The van der Waals surface area contributed by atoms with Gasteiger partial charge in [-0.25, -0.2) is 22.8 Å². The molecule has 0 saturated carbocycles. The maximum absolute atomic E-state index is 14.7. The first-order valence-corrected chi connectivity index (χ1v) is 10.3. The third kappa shape index (κ3) is 4.04. The predicted molar refractivity (Wildman–Crippen MR) is 104 cm³/mol. The van der Waals surface area contributed by atoms with Crippen molar-refractivity contribution in [1.29, 1.82) is 0 Å². The molecule has 3 aromatic rings. The maximum atomic E-state index is 14.7. The molecule has 0 aliphatic heterocycles. The van der Waals surface area contributed by atoms with Gasteiger partial charge in [-0.05, 0) is 25.5 Å². The second-order valence-electron chi connectivity index (χ2n) is 6.36. The van der Waals surface area contributed by atoms with E-state index >= 15 is 0 Å². The van der Waals surface area contributed by atoms with Crippen LogP contribution in [0.3, 0.4) is 0 Å². The minimum atomic E-state index is -3.84. The molecule has 0 amide bonds. The molecule has 0 fully saturated rings. The van der Waals surface area contributed by atoms with E-state index in [4.69, 9.17) is 4.74 Å². The van der Waals surface area contributed by atoms with Gasteiger partial charge in [0.1, 0.15) is 5.75 Å². The first-order valence-electron chi connectivity index (χ1n) is 8.62. The van der Waals surface area contributed by atoms with Crippen molar-refractivity contribution < 1.29 is 21.9 Å². The van der Waals surface area contributed by atoms with Crippen molar-refractivity contribution in [2.75, 3.05) is 10.5 Å². The van der Waals surface area contributed by atoms with Crippen molar-refractivity contribution in [3.8, 4) is 11.5 Å². The lowest BCUT2D eigenvalue weighted by Gasteiger charge is -2.14. The molecule has 0 aliphatic rings. The Morgan fingerprint density at radius 1 is 1.24 bits per heavy atom. The number of benzene rings is 1. The largest absolute Gasteiger partial charge is 0.451 e. The molecule has 1 aromatic carbocycles. The Morgan fingerprint density at radius 3 is 2.66 bits per heavy atom. The van der Waals surface area contributed by atoms with Gasteiger partial charge >= 0.3 is 0 Å². The van der Waals surface area contributed by atoms with E-state index in [9.17, 15) is 22.0 Å². The molecule has 29 heavy (non-hydrogen) atoms. The number of fused-ring (bicyclic) bond motifs is 1. The number of nitrogens with one attached hydrogen (secondary N) is 1. The Kier molecular flexibility index (Phi) is 5.51. The van der Waals surface area contributed by atoms with Crippen molar-refractivity contribution in [2.24, 2.45) is 7.05 Å². The van der Waals surface area contributed by atoms with Crippen LogP contribution in [-0.4, -0.2) is 28.7 Å². The Balaban J connectivity index is 2.07. The summed E-state index contributed by atoms with van der Waals surface area (Å²) in [5.74, 6) is -4.16. The van der Waals surface area contributed by atoms with E-state index in [-0.39, 0.29) is 22.4 Å². The third-order valence-corrected chi connectivity index (χ3v) is 5.62. The van der Waals surface area contributed by atoms with Crippen molar-refractivity contribution in [3.63, 3.8) is 0 Å². The average Bonchev–Trinajstić information content (AvgIpc) is 2.65. The molecule has 8 nitrogen and oxygen atoms in total. The lowest BCUT2D eigenvalue weighted by atomic mass is 10.1. The highest BCUT2D eigenvalue weighted by molar-refractivity contribution is 7.92. The van der Waals surface area contributed by atoms with Gasteiger partial charge in [0.2, 0.25) is 21.6 Å². The predicted octanol–water partition coefficient (Wildman–Crippen LogP) is 2.86. The van der Waals surface area contributed by atoms with Crippen LogP contribution in [0.15, 0.2) is 29.5 Å². The number of sulfonamides is 1. The first-order chi connectivity index (χ1) is 13.6. The number of nitrogens with zero attached hydrogens (tertiary/aromatic N) is 3. The summed E-state index contributed by atoms with van der Waals surface area (Å²) in [6.45, 7) is 3.20. The number of pyridine rings is 1. The van der Waals surface area contributed by atoms with Crippen molar-refractivity contribution >= 4 is 26.7 Å². The Morgan fingerprint density at radius 2 is 1.97 bits per heavy atom. The fourth-order valence-corrected chi connectivity index (χ4v) is 3.81. The minimum absolute atomic E-state index is 0.0222. The topological polar surface area (TPSA) is 103 Å². The van der Waals surface area contributed by atoms with E-state index in [2.05, 4.69) is 9.97 Å². The first kappa shape index (κ1) is 20.6. The Hall–Kier alpha value is -3.08. The van der Waals surface area contributed by atoms with Crippen LogP contribution in [0, 0.1) is 18.6 Å². The normalized spacial score (nSPS) is 11.6. The summed E-state index contributed by atoms with van der Waals surface area (Å²) in [4.78, 5) is 20.0. The van der Waals surface area contributed by atoms with Crippen LogP contribution in [0.25, 0.3) is 10.9 Å². The summed E-state index contributed by atoms with van der Waals surface area (Å²) >= 11 is 0. The molecule has 154 valence electrons. The quantitative estimate of drug-likeness (QED) is 0.653. The summed E-state index contributed by atoms with van der Waals surface area (Å²) in [7, 11) is -2.31. The SMILES string of the molecule is CCCS(=O)(=O)Nc1ncc(F)c(Oc2ccc3ncn(C)c(=O)c3c2C)c1F. The lowest BCUT2D eigenvalue weighted by molar-refractivity contribution is 0.404. The van der Waals surface area contributed by atoms with Gasteiger partial charge < -0.3 is 9.30 Å². The number of ether oxygens (including phenoxy) is 1. The van der Waals surface area contributed by atoms with Crippen molar-refractivity contribution in [2.45, 2.75) is 20.3 Å². The van der Waals surface area contributed by atoms with E-state index in [1.807, 2.05) is 4.72 Å². The number of hydrogen-bond donors (Lipinski definition) is 1. The molecule has 3 rings (SSSR count). The van der Waals surface area contributed by atoms with Gasteiger partial charge in [0.15, 0.2) is 11.6 Å². The van der Waals surface area contributed by atoms with Crippen LogP contribution in [0.4, 0.5) is 14.6 Å². The highest BCUT2D eigenvalue weighted by atomic mass is 32.2. The van der Waals surface area contributed by atoms with Gasteiger partial charge in [0.25, 0.3) is 5.56 Å². The van der Waals surface area contributed by atoms with Gasteiger partial charge in [0.05, 0.1) is 29.2 Å². The molecule has 0 aliphatic carbocycles. The zero-order chi connectivity index (χ0) is 21.3. The monoisotopic (exact) mass is 424 g/mol. The fourth-order valence-electron chi connectivity index (χ4n) is 2.73. The molecular weight excluding hydrogens is 406 g/mol. The highest BCUT2D eigenvalue weighted by Gasteiger charge is 2.22. The number of anilines is 1. The van der Waals surface area contributed by atoms with Crippen molar-refractivity contribution in [3.05, 3.63) is 52.2 Å². The highest BCUT2D eigenvalue weighted by Crippen LogP contribution is 2.34. The van der Waals surface area contributed by atoms with Crippen LogP contribution in [0.1, 0.15) is 18.9 Å². The number of rotatable bonds is 6. The van der Waals surface area contributed by atoms with Gasteiger partial charge in [-0.2, -0.15) is 4.39 Å². The summed E-state index contributed by atoms with van der Waals surface area (Å²) in [6, 6.07) is 2.91. The Bertz CT molecular complexity index is 1260. The second kappa shape index (κ2) is 7.74. The molecular formula is C18H18F2N4O4S. The average molecular weight is 424 g/mol. The maximum Gasteiger partial charge on any atom is 0.261 e. The molecule has 0 radical (unpaired) electrons. The van der Waals surface area contributed by atoms with E-state index in [0.29, 0.717) is 23.7 Å². The van der Waals surface area contributed by atoms with Crippen LogP contribution < -0.4 is 15.0 Å². The molecule has 0 unspecified atom stereocenters. The number of hydrogen-bond acceptors (Lipinski definition) is 6. The Labute approximate surface area is 165 Å². The summed E-state index contributed by atoms with van der Waals surface area (Å²) < 4.78 is 61.3. The van der Waals surface area contributed by atoms with Crippen LogP contribution in [-0.2, 0) is 17.1 Å². The number of aromatic nitrogens is 3. The fraction of sp³-hybridized carbons (Fsp3) is 0.278. The van der Waals surface area contributed by atoms with Crippen molar-refractivity contribution in [1.82, 2.24) is 14.5 Å². The van der Waals surface area contributed by atoms with E-state index in [1.165, 1.54) is 30.1 Å². The second-order valence-corrected chi connectivity index (χ2v) is 8.21. The summed E-state index contributed by atoms with van der Waals surface area (Å²) in [5.41, 5.74) is 0.392. The van der Waals surface area contributed by atoms with Gasteiger partial charge in [0, 0.05) is 12.6 Å². The molecule has 11 heteroatoms. The summed E-state index contributed by atoms with van der Waals surface area (Å²) in [5, 5.41) is 0.242. The van der Waals surface area contributed by atoms with Crippen LogP contribution >= 0.6 is 0 Å². The standard InChI is InChI=1S/C18H18F2N4O4S/c1-4-7-29(26,27)23-17-15(20)16(11(19)8-21-17)28-13-6-5-12-14(10(13)2)18(25)24(3)9-22-12/h5-6,8-9H,4,7H2,1-3H3,(H,21,23). The third-order valence-electron chi connectivity index (χ3n) is 4.17. The number of aryl methyl sites for hydroxylation is 2. The lowest BCUT2D eigenvalue weighted by Crippen LogP contribution is -2.18. The molecule has 0 atom stereocenters. The van der Waals surface area contributed by atoms with Crippen LogP contribution in [0.5, 0.6) is 11.5 Å². The van der Waals surface area contributed by atoms with Crippen LogP contribution in [0.2, 0.25) is 0 Å². The summed E-state index contributed by atoms with van der Waals surface area (Å²) in [6.07, 6.45) is 2.32. The van der Waals surface area contributed by atoms with Gasteiger partial charge in [-0.3, -0.25) is 9.52 Å². The van der Waals surface area contributed by atoms with Gasteiger partial charge in [-0.1, -0.05) is 6.92 Å². The molecule has 0 bridgehead atoms.